The van der Waals surface area contributed by atoms with Crippen LogP contribution >= 0.6 is 0 Å². The Balaban J connectivity index is 1.83. The first-order valence-corrected chi connectivity index (χ1v) is 8.53. The zero-order chi connectivity index (χ0) is 14.4. The Labute approximate surface area is 125 Å². The van der Waals surface area contributed by atoms with Crippen LogP contribution in [0.5, 0.6) is 0 Å². The molecule has 0 aromatic rings. The average molecular weight is 282 g/mol. The van der Waals surface area contributed by atoms with Crippen molar-refractivity contribution in [3.63, 3.8) is 0 Å². The van der Waals surface area contributed by atoms with E-state index < -0.39 is 0 Å². The van der Waals surface area contributed by atoms with Crippen LogP contribution in [0.2, 0.25) is 0 Å². The molecule has 20 heavy (non-hydrogen) atoms. The monoisotopic (exact) mass is 282 g/mol. The van der Waals surface area contributed by atoms with E-state index in [1.54, 1.807) is 0 Å². The van der Waals surface area contributed by atoms with Gasteiger partial charge in [-0.15, -0.1) is 0 Å². The van der Waals surface area contributed by atoms with Gasteiger partial charge in [-0.2, -0.15) is 0 Å². The molecule has 1 N–H and O–H groups in total. The molecule has 3 heteroatoms. The van der Waals surface area contributed by atoms with E-state index in [9.17, 15) is 0 Å². The summed E-state index contributed by atoms with van der Waals surface area (Å²) in [6, 6.07) is 0. The number of hydrogen-bond acceptors (Lipinski definition) is 3. The first-order chi connectivity index (χ1) is 9.67. The smallest absolute Gasteiger partial charge is 0.0491 e. The van der Waals surface area contributed by atoms with Crippen LogP contribution in [0.4, 0.5) is 0 Å². The van der Waals surface area contributed by atoms with Gasteiger partial charge in [-0.3, -0.25) is 0 Å². The Bertz CT molecular complexity index is 266. The Morgan fingerprint density at radius 2 is 1.80 bits per heavy atom. The minimum absolute atomic E-state index is 0.537. The van der Waals surface area contributed by atoms with E-state index in [-0.39, 0.29) is 0 Å². The maximum absolute atomic E-state index is 5.31. The molecule has 0 aromatic carbocycles. The first-order valence-electron chi connectivity index (χ1n) is 8.53. The standard InChI is InChI=1S/C17H34N2O/c1-15-4-8-17(9-5-15,13-18-2)14-19-10-6-16(7-11-19)12-20-3/h15-16,18H,4-14H2,1-3H3. The number of nitrogens with zero attached hydrogens (tertiary/aromatic N) is 1. The zero-order valence-corrected chi connectivity index (χ0v) is 13.8. The van der Waals surface area contributed by atoms with Gasteiger partial charge in [0, 0.05) is 26.8 Å². The molecule has 0 atom stereocenters. The third kappa shape index (κ3) is 4.44. The lowest BCUT2D eigenvalue weighted by Crippen LogP contribution is -2.48. The summed E-state index contributed by atoms with van der Waals surface area (Å²) in [7, 11) is 3.95. The van der Waals surface area contributed by atoms with Crippen molar-refractivity contribution >= 4 is 0 Å². The molecule has 2 rings (SSSR count). The molecule has 0 unspecified atom stereocenters. The van der Waals surface area contributed by atoms with Crippen LogP contribution in [0.25, 0.3) is 0 Å². The molecular weight excluding hydrogens is 248 g/mol. The second-order valence-corrected chi connectivity index (χ2v) is 7.39. The summed E-state index contributed by atoms with van der Waals surface area (Å²) >= 11 is 0. The quantitative estimate of drug-likeness (QED) is 0.811. The summed E-state index contributed by atoms with van der Waals surface area (Å²) in [4.78, 5) is 2.72. The molecule has 0 aromatic heterocycles. The number of methoxy groups -OCH3 is 1. The third-order valence-corrected chi connectivity index (χ3v) is 5.56. The molecule has 3 nitrogen and oxygen atoms in total. The second kappa shape index (κ2) is 7.77. The second-order valence-electron chi connectivity index (χ2n) is 7.39. The highest BCUT2D eigenvalue weighted by atomic mass is 16.5. The van der Waals surface area contributed by atoms with Crippen molar-refractivity contribution in [3.05, 3.63) is 0 Å². The maximum Gasteiger partial charge on any atom is 0.0491 e. The van der Waals surface area contributed by atoms with Crippen molar-refractivity contribution in [1.29, 1.82) is 0 Å². The Morgan fingerprint density at radius 3 is 2.35 bits per heavy atom. The number of nitrogens with one attached hydrogen (secondary N) is 1. The van der Waals surface area contributed by atoms with Crippen LogP contribution in [0, 0.1) is 17.3 Å². The van der Waals surface area contributed by atoms with Gasteiger partial charge in [0.15, 0.2) is 0 Å². The van der Waals surface area contributed by atoms with Crippen LogP contribution < -0.4 is 5.32 Å². The van der Waals surface area contributed by atoms with Crippen molar-refractivity contribution in [1.82, 2.24) is 10.2 Å². The van der Waals surface area contributed by atoms with Gasteiger partial charge < -0.3 is 15.0 Å². The highest BCUT2D eigenvalue weighted by Crippen LogP contribution is 2.39. The lowest BCUT2D eigenvalue weighted by molar-refractivity contribution is 0.0508. The molecular formula is C17H34N2O. The van der Waals surface area contributed by atoms with Gasteiger partial charge in [-0.25, -0.2) is 0 Å². The van der Waals surface area contributed by atoms with Crippen molar-refractivity contribution in [2.75, 3.05) is 46.9 Å². The minimum atomic E-state index is 0.537. The average Bonchev–Trinajstić information content (AvgIpc) is 2.45. The molecule has 1 heterocycles. The van der Waals surface area contributed by atoms with Crippen LogP contribution in [0.1, 0.15) is 45.4 Å². The maximum atomic E-state index is 5.31. The van der Waals surface area contributed by atoms with E-state index in [1.165, 1.54) is 64.7 Å². The summed E-state index contributed by atoms with van der Waals surface area (Å²) in [6.07, 6.45) is 8.30. The Hall–Kier alpha value is -0.120. The van der Waals surface area contributed by atoms with E-state index in [4.69, 9.17) is 4.74 Å². The predicted molar refractivity (Wildman–Crippen MR) is 85.0 cm³/mol. The van der Waals surface area contributed by atoms with E-state index in [1.807, 2.05) is 7.11 Å². The SMILES string of the molecule is CNCC1(CN2CCC(COC)CC2)CCC(C)CC1. The molecule has 1 saturated heterocycles. The van der Waals surface area contributed by atoms with Crippen molar-refractivity contribution < 1.29 is 4.74 Å². The van der Waals surface area contributed by atoms with Gasteiger partial charge in [-0.05, 0) is 63.1 Å². The van der Waals surface area contributed by atoms with Crippen LogP contribution in [-0.4, -0.2) is 51.8 Å². The van der Waals surface area contributed by atoms with Gasteiger partial charge in [0.25, 0.3) is 0 Å². The largest absolute Gasteiger partial charge is 0.384 e. The predicted octanol–water partition coefficient (Wildman–Crippen LogP) is 2.76. The normalized spacial score (nSPS) is 33.5. The van der Waals surface area contributed by atoms with Crippen molar-refractivity contribution in [2.45, 2.75) is 45.4 Å². The molecule has 1 aliphatic heterocycles. The molecule has 1 saturated carbocycles. The van der Waals surface area contributed by atoms with Gasteiger partial charge in [0.2, 0.25) is 0 Å². The lowest BCUT2D eigenvalue weighted by atomic mass is 9.70. The summed E-state index contributed by atoms with van der Waals surface area (Å²) in [5.74, 6) is 1.73. The van der Waals surface area contributed by atoms with Gasteiger partial charge in [0.05, 0.1) is 0 Å². The number of piperidine rings is 1. The fraction of sp³-hybridized carbons (Fsp3) is 1.00. The molecule has 0 spiro atoms. The van der Waals surface area contributed by atoms with Crippen LogP contribution in [-0.2, 0) is 4.74 Å². The van der Waals surface area contributed by atoms with E-state index in [0.717, 1.165) is 18.4 Å². The molecule has 0 amide bonds. The molecule has 0 bridgehead atoms. The lowest BCUT2D eigenvalue weighted by Gasteiger charge is -2.44. The van der Waals surface area contributed by atoms with E-state index in [0.29, 0.717) is 5.41 Å². The summed E-state index contributed by atoms with van der Waals surface area (Å²) in [5, 5.41) is 3.47. The van der Waals surface area contributed by atoms with E-state index in [2.05, 4.69) is 24.2 Å². The zero-order valence-electron chi connectivity index (χ0n) is 13.8. The van der Waals surface area contributed by atoms with Crippen molar-refractivity contribution in [2.24, 2.45) is 17.3 Å². The highest BCUT2D eigenvalue weighted by molar-refractivity contribution is 4.90. The topological polar surface area (TPSA) is 24.5 Å². The molecule has 118 valence electrons. The summed E-state index contributed by atoms with van der Waals surface area (Å²) in [6.45, 7) is 8.41. The first kappa shape index (κ1) is 16.3. The fourth-order valence-electron chi connectivity index (χ4n) is 4.16. The summed E-state index contributed by atoms with van der Waals surface area (Å²) in [5.41, 5.74) is 0.537. The van der Waals surface area contributed by atoms with Gasteiger partial charge >= 0.3 is 0 Å². The van der Waals surface area contributed by atoms with E-state index >= 15 is 0 Å². The Kier molecular flexibility index (Phi) is 6.31. The molecule has 2 fully saturated rings. The van der Waals surface area contributed by atoms with Gasteiger partial charge in [-0.1, -0.05) is 19.8 Å². The fourth-order valence-corrected chi connectivity index (χ4v) is 4.16. The van der Waals surface area contributed by atoms with Gasteiger partial charge in [0.1, 0.15) is 0 Å². The van der Waals surface area contributed by atoms with Crippen LogP contribution in [0.15, 0.2) is 0 Å². The Morgan fingerprint density at radius 1 is 1.15 bits per heavy atom. The molecule has 2 aliphatic rings. The summed E-state index contributed by atoms with van der Waals surface area (Å²) < 4.78 is 5.31. The number of hydrogen-bond donors (Lipinski definition) is 1. The molecule has 0 radical (unpaired) electrons. The third-order valence-electron chi connectivity index (χ3n) is 5.56. The number of rotatable bonds is 6. The van der Waals surface area contributed by atoms with Crippen LogP contribution in [0.3, 0.4) is 0 Å². The minimum Gasteiger partial charge on any atom is -0.384 e. The molecule has 1 aliphatic carbocycles. The van der Waals surface area contributed by atoms with Crippen molar-refractivity contribution in [3.8, 4) is 0 Å². The number of ether oxygens (including phenoxy) is 1. The highest BCUT2D eigenvalue weighted by Gasteiger charge is 2.36. The number of likely N-dealkylation sites (tertiary alicyclic amines) is 1.